The largest absolute Gasteiger partial charge is 0.481 e. The van der Waals surface area contributed by atoms with E-state index in [0.717, 1.165) is 15.7 Å². The number of carboxylic acid groups (broad SMARTS) is 1. The summed E-state index contributed by atoms with van der Waals surface area (Å²) >= 11 is 15.9. The minimum Gasteiger partial charge on any atom is -0.481 e. The van der Waals surface area contributed by atoms with Gasteiger partial charge in [-0.3, -0.25) is 19.2 Å². The van der Waals surface area contributed by atoms with Crippen LogP contribution in [-0.2, 0) is 16.1 Å². The molecule has 0 bridgehead atoms. The number of thiocarbonyl (C=S) groups is 1. The molecule has 1 fully saturated rings. The van der Waals surface area contributed by atoms with Crippen molar-refractivity contribution in [3.05, 3.63) is 56.1 Å². The molecular weight excluding hydrogens is 486 g/mol. The molecule has 0 atom stereocenters. The third-order valence-electron chi connectivity index (χ3n) is 3.99. The van der Waals surface area contributed by atoms with Gasteiger partial charge < -0.3 is 5.11 Å². The molecule has 1 aliphatic heterocycles. The number of rotatable bonds is 7. The minimum atomic E-state index is -0.893. The Labute approximate surface area is 184 Å². The Bertz CT molecular complexity index is 959. The van der Waals surface area contributed by atoms with Gasteiger partial charge in [-0.1, -0.05) is 47.7 Å². The van der Waals surface area contributed by atoms with Crippen LogP contribution in [0.15, 0.2) is 39.8 Å². The van der Waals surface area contributed by atoms with Gasteiger partial charge in [-0.2, -0.15) is 5.10 Å². The van der Waals surface area contributed by atoms with E-state index in [9.17, 15) is 9.59 Å². The minimum absolute atomic E-state index is 0.00445. The van der Waals surface area contributed by atoms with Crippen LogP contribution in [0, 0.1) is 0 Å². The molecule has 1 aliphatic rings. The molecule has 28 heavy (non-hydrogen) atoms. The zero-order valence-electron chi connectivity index (χ0n) is 14.5. The number of halogens is 2. The lowest BCUT2D eigenvalue weighted by Crippen LogP contribution is -2.29. The highest BCUT2D eigenvalue weighted by Crippen LogP contribution is 2.34. The van der Waals surface area contributed by atoms with E-state index < -0.39 is 5.97 Å². The average Bonchev–Trinajstić information content (AvgIpc) is 3.11. The molecule has 10 heteroatoms. The maximum absolute atomic E-state index is 12.7. The Hall–Kier alpha value is -1.68. The van der Waals surface area contributed by atoms with Crippen LogP contribution >= 0.6 is 51.5 Å². The quantitative estimate of drug-likeness (QED) is 0.448. The molecule has 2 heterocycles. The van der Waals surface area contributed by atoms with Gasteiger partial charge in [0.15, 0.2) is 0 Å². The molecule has 0 radical (unpaired) electrons. The second-order valence-electron chi connectivity index (χ2n) is 5.99. The molecular formula is C18H15BrClN3O3S2. The van der Waals surface area contributed by atoms with E-state index in [0.29, 0.717) is 33.8 Å². The lowest BCUT2D eigenvalue weighted by atomic mass is 10.2. The SMILES string of the molecule is O=C(O)CCCN1C(=O)C(=Cc2c(Br)cnn2Cc2ccc(Cl)cc2)SC1=S. The van der Waals surface area contributed by atoms with Gasteiger partial charge in [0.05, 0.1) is 27.8 Å². The van der Waals surface area contributed by atoms with Crippen LogP contribution in [0.2, 0.25) is 5.02 Å². The molecule has 0 saturated carbocycles. The number of carbonyl (C=O) groups excluding carboxylic acids is 1. The average molecular weight is 501 g/mol. The summed E-state index contributed by atoms with van der Waals surface area (Å²) in [7, 11) is 0. The van der Waals surface area contributed by atoms with Crippen LogP contribution in [0.1, 0.15) is 24.1 Å². The fourth-order valence-corrected chi connectivity index (χ4v) is 4.43. The Morgan fingerprint density at radius 1 is 1.36 bits per heavy atom. The maximum Gasteiger partial charge on any atom is 0.303 e. The number of benzene rings is 1. The van der Waals surface area contributed by atoms with E-state index >= 15 is 0 Å². The zero-order valence-corrected chi connectivity index (χ0v) is 18.4. The highest BCUT2D eigenvalue weighted by atomic mass is 79.9. The fraction of sp³-hybridized carbons (Fsp3) is 0.222. The topological polar surface area (TPSA) is 75.4 Å². The lowest BCUT2D eigenvalue weighted by Gasteiger charge is -2.13. The van der Waals surface area contributed by atoms with E-state index in [4.69, 9.17) is 28.9 Å². The number of carboxylic acids is 1. The Kier molecular flexibility index (Phi) is 6.92. The normalized spacial score (nSPS) is 15.6. The summed E-state index contributed by atoms with van der Waals surface area (Å²) in [6.45, 7) is 0.813. The van der Waals surface area contributed by atoms with Crippen molar-refractivity contribution in [2.45, 2.75) is 19.4 Å². The molecule has 0 unspecified atom stereocenters. The third kappa shape index (κ3) is 5.02. The Balaban J connectivity index is 1.78. The van der Waals surface area contributed by atoms with Crippen molar-refractivity contribution in [1.29, 1.82) is 0 Å². The number of hydrogen-bond donors (Lipinski definition) is 1. The smallest absolute Gasteiger partial charge is 0.303 e. The molecule has 1 amide bonds. The number of carbonyl (C=O) groups is 2. The van der Waals surface area contributed by atoms with Crippen LogP contribution in [0.4, 0.5) is 0 Å². The molecule has 3 rings (SSSR count). The number of amides is 1. The van der Waals surface area contributed by atoms with E-state index in [1.807, 2.05) is 24.3 Å². The lowest BCUT2D eigenvalue weighted by molar-refractivity contribution is -0.137. The fourth-order valence-electron chi connectivity index (χ4n) is 2.61. The van der Waals surface area contributed by atoms with Crippen molar-refractivity contribution in [1.82, 2.24) is 14.7 Å². The van der Waals surface area contributed by atoms with Crippen LogP contribution < -0.4 is 0 Å². The maximum atomic E-state index is 12.7. The Morgan fingerprint density at radius 3 is 2.75 bits per heavy atom. The summed E-state index contributed by atoms with van der Waals surface area (Å²) in [6.07, 6.45) is 3.78. The number of nitrogens with zero attached hydrogens (tertiary/aromatic N) is 3. The standard InChI is InChI=1S/C18H15BrClN3O3S2/c19-13-9-21-23(10-11-3-5-12(20)6-4-11)14(13)8-15-17(26)22(18(27)28-15)7-1-2-16(24)25/h3-6,8-9H,1-2,7,10H2,(H,24,25). The third-order valence-corrected chi connectivity index (χ3v) is 6.23. The number of thioether (sulfide) groups is 1. The molecule has 2 aromatic rings. The van der Waals surface area contributed by atoms with Crippen molar-refractivity contribution in [2.75, 3.05) is 6.54 Å². The molecule has 1 saturated heterocycles. The van der Waals surface area contributed by atoms with Crippen LogP contribution in [0.25, 0.3) is 6.08 Å². The van der Waals surface area contributed by atoms with Crippen LogP contribution in [-0.4, -0.2) is 42.5 Å². The summed E-state index contributed by atoms with van der Waals surface area (Å²) < 4.78 is 2.98. The molecule has 1 N–H and O–H groups in total. The van der Waals surface area contributed by atoms with E-state index in [1.165, 1.54) is 16.7 Å². The van der Waals surface area contributed by atoms with Gasteiger partial charge in [-0.15, -0.1) is 0 Å². The number of hydrogen-bond acceptors (Lipinski definition) is 5. The van der Waals surface area contributed by atoms with E-state index in [1.54, 1.807) is 17.0 Å². The monoisotopic (exact) mass is 499 g/mol. The number of aliphatic carboxylic acids is 1. The van der Waals surface area contributed by atoms with Crippen molar-refractivity contribution < 1.29 is 14.7 Å². The second kappa shape index (κ2) is 9.21. The summed E-state index contributed by atoms with van der Waals surface area (Å²) in [5.74, 6) is -1.11. The van der Waals surface area contributed by atoms with Gasteiger partial charge >= 0.3 is 5.97 Å². The summed E-state index contributed by atoms with van der Waals surface area (Å²) in [4.78, 5) is 25.3. The highest BCUT2D eigenvalue weighted by Gasteiger charge is 2.32. The predicted octanol–water partition coefficient (Wildman–Crippen LogP) is 4.41. The van der Waals surface area contributed by atoms with Gasteiger partial charge in [-0.25, -0.2) is 0 Å². The van der Waals surface area contributed by atoms with Crippen molar-refractivity contribution in [3.8, 4) is 0 Å². The number of aromatic nitrogens is 2. The van der Waals surface area contributed by atoms with Gasteiger partial charge in [0.25, 0.3) is 5.91 Å². The van der Waals surface area contributed by atoms with E-state index in [-0.39, 0.29) is 12.3 Å². The molecule has 1 aromatic carbocycles. The van der Waals surface area contributed by atoms with Crippen LogP contribution in [0.3, 0.4) is 0 Å². The molecule has 0 aliphatic carbocycles. The highest BCUT2D eigenvalue weighted by molar-refractivity contribution is 9.10. The zero-order chi connectivity index (χ0) is 20.3. The van der Waals surface area contributed by atoms with Gasteiger partial charge in [-0.05, 0) is 46.1 Å². The van der Waals surface area contributed by atoms with E-state index in [2.05, 4.69) is 21.0 Å². The van der Waals surface area contributed by atoms with Crippen molar-refractivity contribution in [2.24, 2.45) is 0 Å². The first-order valence-electron chi connectivity index (χ1n) is 8.28. The summed E-state index contributed by atoms with van der Waals surface area (Å²) in [6, 6.07) is 7.47. The first kappa shape index (κ1) is 21.0. The van der Waals surface area contributed by atoms with Crippen LogP contribution in [0.5, 0.6) is 0 Å². The first-order valence-corrected chi connectivity index (χ1v) is 10.7. The molecule has 1 aromatic heterocycles. The van der Waals surface area contributed by atoms with Crippen molar-refractivity contribution >= 4 is 73.8 Å². The summed E-state index contributed by atoms with van der Waals surface area (Å²) in [5.41, 5.74) is 1.77. The Morgan fingerprint density at radius 2 is 2.07 bits per heavy atom. The van der Waals surface area contributed by atoms with Crippen molar-refractivity contribution in [3.63, 3.8) is 0 Å². The molecule has 6 nitrogen and oxygen atoms in total. The predicted molar refractivity (Wildman–Crippen MR) is 117 cm³/mol. The van der Waals surface area contributed by atoms with Gasteiger partial charge in [0, 0.05) is 18.0 Å². The van der Waals surface area contributed by atoms with Gasteiger partial charge in [0.1, 0.15) is 4.32 Å². The second-order valence-corrected chi connectivity index (χ2v) is 8.96. The van der Waals surface area contributed by atoms with Gasteiger partial charge in [0.2, 0.25) is 0 Å². The first-order chi connectivity index (χ1) is 13.3. The molecule has 146 valence electrons. The summed E-state index contributed by atoms with van der Waals surface area (Å²) in [5, 5.41) is 13.8. The molecule has 0 spiro atoms.